The van der Waals surface area contributed by atoms with Gasteiger partial charge in [-0.05, 0) is 20.5 Å². The van der Waals surface area contributed by atoms with Crippen molar-refractivity contribution in [3.63, 3.8) is 0 Å². The first kappa shape index (κ1) is 11.5. The highest BCUT2D eigenvalue weighted by atomic mass is 16.2. The van der Waals surface area contributed by atoms with Crippen LogP contribution in [0.3, 0.4) is 0 Å². The highest BCUT2D eigenvalue weighted by Crippen LogP contribution is 2.06. The number of hydrogen-bond donors (Lipinski definition) is 1. The van der Waals surface area contributed by atoms with E-state index in [2.05, 4.69) is 24.1 Å². The molecule has 14 heavy (non-hydrogen) atoms. The van der Waals surface area contributed by atoms with Gasteiger partial charge in [-0.3, -0.25) is 9.69 Å². The molecule has 4 heteroatoms. The van der Waals surface area contributed by atoms with E-state index in [9.17, 15) is 4.79 Å². The fourth-order valence-electron chi connectivity index (χ4n) is 1.88. The second-order valence-electron chi connectivity index (χ2n) is 3.86. The van der Waals surface area contributed by atoms with E-state index in [1.807, 2.05) is 11.9 Å². The molecule has 1 atom stereocenters. The van der Waals surface area contributed by atoms with Gasteiger partial charge in [0.15, 0.2) is 0 Å². The maximum atomic E-state index is 11.7. The van der Waals surface area contributed by atoms with E-state index < -0.39 is 0 Å². The molecule has 1 fully saturated rings. The van der Waals surface area contributed by atoms with Gasteiger partial charge in [0.2, 0.25) is 5.91 Å². The van der Waals surface area contributed by atoms with Crippen LogP contribution in [0.1, 0.15) is 13.8 Å². The van der Waals surface area contributed by atoms with E-state index >= 15 is 0 Å². The molecule has 1 aliphatic rings. The molecule has 1 rings (SSSR count). The van der Waals surface area contributed by atoms with Crippen LogP contribution in [0.15, 0.2) is 0 Å². The van der Waals surface area contributed by atoms with Crippen LogP contribution < -0.4 is 5.32 Å². The second kappa shape index (κ2) is 5.32. The highest BCUT2D eigenvalue weighted by molar-refractivity contribution is 5.79. The molecule has 0 aliphatic carbocycles. The average Bonchev–Trinajstić information content (AvgIpc) is 2.17. The van der Waals surface area contributed by atoms with Gasteiger partial charge in [-0.1, -0.05) is 6.92 Å². The predicted octanol–water partition coefficient (Wildman–Crippen LogP) is -0.242. The molecule has 0 bridgehead atoms. The molecule has 1 N–H and O–H groups in total. The normalized spacial score (nSPS) is 21.4. The molecule has 0 aromatic rings. The minimum absolute atomic E-state index is 0.265. The predicted molar refractivity (Wildman–Crippen MR) is 57.2 cm³/mol. The molecular formula is C10H21N3O. The number of piperazine rings is 1. The summed E-state index contributed by atoms with van der Waals surface area (Å²) >= 11 is 0. The first-order valence-electron chi connectivity index (χ1n) is 5.35. The van der Waals surface area contributed by atoms with Gasteiger partial charge in [0, 0.05) is 25.7 Å². The number of carbonyl (C=O) groups excluding carboxylic acids is 1. The summed E-state index contributed by atoms with van der Waals surface area (Å²) in [7, 11) is 1.92. The maximum absolute atomic E-state index is 11.7. The van der Waals surface area contributed by atoms with Gasteiger partial charge < -0.3 is 10.2 Å². The van der Waals surface area contributed by atoms with Crippen molar-refractivity contribution in [2.45, 2.75) is 19.9 Å². The van der Waals surface area contributed by atoms with E-state index in [1.165, 1.54) is 0 Å². The molecule has 1 heterocycles. The van der Waals surface area contributed by atoms with Gasteiger partial charge in [-0.25, -0.2) is 0 Å². The number of hydrogen-bond acceptors (Lipinski definition) is 3. The zero-order valence-electron chi connectivity index (χ0n) is 9.42. The van der Waals surface area contributed by atoms with Crippen molar-refractivity contribution in [2.75, 3.05) is 39.8 Å². The lowest BCUT2D eigenvalue weighted by atomic mass is 10.2. The third-order valence-corrected chi connectivity index (χ3v) is 2.82. The number of carbonyl (C=O) groups is 1. The van der Waals surface area contributed by atoms with Crippen LogP contribution in [-0.2, 0) is 4.79 Å². The number of likely N-dealkylation sites (N-methyl/N-ethyl adjacent to an activating group) is 2. The van der Waals surface area contributed by atoms with Gasteiger partial charge in [0.25, 0.3) is 0 Å². The molecule has 0 radical (unpaired) electrons. The Morgan fingerprint density at radius 1 is 1.50 bits per heavy atom. The molecule has 0 saturated carbocycles. The van der Waals surface area contributed by atoms with E-state index in [4.69, 9.17) is 0 Å². The molecular weight excluding hydrogens is 178 g/mol. The topological polar surface area (TPSA) is 35.6 Å². The Labute approximate surface area is 86.2 Å². The van der Waals surface area contributed by atoms with Crippen molar-refractivity contribution in [1.82, 2.24) is 15.1 Å². The Hall–Kier alpha value is -0.610. The quantitative estimate of drug-likeness (QED) is 0.678. The molecule has 1 aliphatic heterocycles. The maximum Gasteiger partial charge on any atom is 0.237 e. The van der Waals surface area contributed by atoms with Gasteiger partial charge in [-0.2, -0.15) is 0 Å². The first-order chi connectivity index (χ1) is 6.69. The van der Waals surface area contributed by atoms with Gasteiger partial charge in [0.1, 0.15) is 0 Å². The van der Waals surface area contributed by atoms with Gasteiger partial charge >= 0.3 is 0 Å². The molecule has 82 valence electrons. The van der Waals surface area contributed by atoms with Crippen LogP contribution in [-0.4, -0.2) is 61.5 Å². The summed E-state index contributed by atoms with van der Waals surface area (Å²) in [4.78, 5) is 15.9. The third-order valence-electron chi connectivity index (χ3n) is 2.82. The summed E-state index contributed by atoms with van der Waals surface area (Å²) in [5.41, 5.74) is 0. The minimum Gasteiger partial charge on any atom is -0.336 e. The highest BCUT2D eigenvalue weighted by Gasteiger charge is 2.25. The Balaban J connectivity index is 2.45. The minimum atomic E-state index is 0.265. The number of nitrogens with one attached hydrogen (secondary N) is 1. The van der Waals surface area contributed by atoms with Crippen molar-refractivity contribution in [3.8, 4) is 0 Å². The molecule has 1 amide bonds. The van der Waals surface area contributed by atoms with Crippen molar-refractivity contribution < 1.29 is 4.79 Å². The lowest BCUT2D eigenvalue weighted by Gasteiger charge is -2.37. The number of rotatable bonds is 4. The fourth-order valence-corrected chi connectivity index (χ4v) is 1.88. The van der Waals surface area contributed by atoms with Gasteiger partial charge in [0.05, 0.1) is 6.54 Å². The Morgan fingerprint density at radius 3 is 2.71 bits per heavy atom. The molecule has 0 spiro atoms. The lowest BCUT2D eigenvalue weighted by Crippen LogP contribution is -2.54. The summed E-state index contributed by atoms with van der Waals surface area (Å²) in [5, 5.41) is 3.10. The Morgan fingerprint density at radius 2 is 2.21 bits per heavy atom. The SMILES string of the molecule is CCN1CCN(C(C)CNC)C(=O)C1. The van der Waals surface area contributed by atoms with E-state index in [0.717, 1.165) is 26.2 Å². The van der Waals surface area contributed by atoms with Crippen LogP contribution in [0, 0.1) is 0 Å². The summed E-state index contributed by atoms with van der Waals surface area (Å²) < 4.78 is 0. The van der Waals surface area contributed by atoms with E-state index in [1.54, 1.807) is 0 Å². The van der Waals surface area contributed by atoms with E-state index in [0.29, 0.717) is 12.6 Å². The van der Waals surface area contributed by atoms with Crippen molar-refractivity contribution in [1.29, 1.82) is 0 Å². The van der Waals surface area contributed by atoms with Crippen LogP contribution in [0.5, 0.6) is 0 Å². The number of amides is 1. The standard InChI is InChI=1S/C10H21N3O/c1-4-12-5-6-13(10(14)8-12)9(2)7-11-3/h9,11H,4-8H2,1-3H3. The summed E-state index contributed by atoms with van der Waals surface area (Å²) in [6.07, 6.45) is 0. The van der Waals surface area contributed by atoms with Crippen molar-refractivity contribution in [3.05, 3.63) is 0 Å². The molecule has 0 aromatic heterocycles. The smallest absolute Gasteiger partial charge is 0.237 e. The average molecular weight is 199 g/mol. The lowest BCUT2D eigenvalue weighted by molar-refractivity contribution is -0.138. The molecule has 0 aromatic carbocycles. The fraction of sp³-hybridized carbons (Fsp3) is 0.900. The Bertz CT molecular complexity index is 196. The van der Waals surface area contributed by atoms with E-state index in [-0.39, 0.29) is 5.91 Å². The van der Waals surface area contributed by atoms with Gasteiger partial charge in [-0.15, -0.1) is 0 Å². The Kier molecular flexibility index (Phi) is 4.35. The van der Waals surface area contributed by atoms with Crippen molar-refractivity contribution in [2.24, 2.45) is 0 Å². The van der Waals surface area contributed by atoms with Crippen LogP contribution in [0.25, 0.3) is 0 Å². The number of nitrogens with zero attached hydrogens (tertiary/aromatic N) is 2. The third kappa shape index (κ3) is 2.69. The summed E-state index contributed by atoms with van der Waals surface area (Å²) in [6, 6.07) is 0.312. The van der Waals surface area contributed by atoms with Crippen molar-refractivity contribution >= 4 is 5.91 Å². The molecule has 4 nitrogen and oxygen atoms in total. The second-order valence-corrected chi connectivity index (χ2v) is 3.86. The van der Waals surface area contributed by atoms with Crippen LogP contribution in [0.2, 0.25) is 0 Å². The zero-order valence-corrected chi connectivity index (χ0v) is 9.42. The largest absolute Gasteiger partial charge is 0.336 e. The molecule has 1 unspecified atom stereocenters. The first-order valence-corrected chi connectivity index (χ1v) is 5.35. The van der Waals surface area contributed by atoms with Crippen LogP contribution >= 0.6 is 0 Å². The summed E-state index contributed by atoms with van der Waals surface area (Å²) in [5.74, 6) is 0.265. The zero-order chi connectivity index (χ0) is 10.6. The summed E-state index contributed by atoms with van der Waals surface area (Å²) in [6.45, 7) is 8.50. The molecule has 1 saturated heterocycles. The monoisotopic (exact) mass is 199 g/mol. The van der Waals surface area contributed by atoms with Crippen LogP contribution in [0.4, 0.5) is 0 Å².